The number of hydrogen-bond donors (Lipinski definition) is 8. The maximum atomic E-state index is 12.8. The van der Waals surface area contributed by atoms with Gasteiger partial charge in [-0.25, -0.2) is 21.6 Å². The molecule has 3 atom stereocenters. The molecular formula is C71H84Cl4N8O14S2. The lowest BCUT2D eigenvalue weighted by molar-refractivity contribution is -0.123. The Morgan fingerprint density at radius 3 is 1.06 bits per heavy atom. The van der Waals surface area contributed by atoms with Crippen molar-refractivity contribution in [1.82, 2.24) is 36.6 Å². The number of sulfonamides is 1. The minimum Gasteiger partial charge on any atom is -0.489 e. The maximum absolute atomic E-state index is 12.8. The zero-order chi connectivity index (χ0) is 73.0. The van der Waals surface area contributed by atoms with E-state index in [2.05, 4.69) is 36.6 Å². The van der Waals surface area contributed by atoms with E-state index in [-0.39, 0.29) is 80.5 Å². The Balaban J connectivity index is 0.000000261. The van der Waals surface area contributed by atoms with Gasteiger partial charge in [-0.1, -0.05) is 102 Å². The van der Waals surface area contributed by atoms with Gasteiger partial charge >= 0.3 is 0 Å². The molecule has 7 aromatic rings. The summed E-state index contributed by atoms with van der Waals surface area (Å²) in [7, 11) is 2.22. The van der Waals surface area contributed by atoms with E-state index in [1.807, 2.05) is 84.0 Å². The first-order valence-electron chi connectivity index (χ1n) is 31.4. The third-order valence-electron chi connectivity index (χ3n) is 14.1. The monoisotopic (exact) mass is 1480 g/mol. The molecule has 9 N–H and O–H groups in total. The van der Waals surface area contributed by atoms with E-state index in [4.69, 9.17) is 70.2 Å². The van der Waals surface area contributed by atoms with E-state index < -0.39 is 60.8 Å². The van der Waals surface area contributed by atoms with Crippen LogP contribution in [0.5, 0.6) is 17.2 Å². The van der Waals surface area contributed by atoms with Crippen LogP contribution in [0, 0.1) is 0 Å². The Labute approximate surface area is 598 Å². The Morgan fingerprint density at radius 2 is 0.778 bits per heavy atom. The number of ether oxygens (including phenoxy) is 4. The van der Waals surface area contributed by atoms with E-state index in [1.54, 1.807) is 60.7 Å². The van der Waals surface area contributed by atoms with Crippen LogP contribution in [0.4, 0.5) is 5.69 Å². The summed E-state index contributed by atoms with van der Waals surface area (Å²) in [5, 5.41) is 16.7. The molecule has 0 aromatic heterocycles. The molecule has 7 aromatic carbocycles. The number of hydrogen-bond acceptors (Lipinski definition) is 15. The van der Waals surface area contributed by atoms with Gasteiger partial charge in [0.15, 0.2) is 0 Å². The highest BCUT2D eigenvalue weighted by molar-refractivity contribution is 8.13. The fourth-order valence-electron chi connectivity index (χ4n) is 9.17. The molecule has 0 spiro atoms. The number of nitrogens with two attached hydrogens (primary N) is 1. The van der Waals surface area contributed by atoms with E-state index in [1.165, 1.54) is 88.6 Å². The fourth-order valence-corrected chi connectivity index (χ4v) is 11.6. The molecule has 0 bridgehead atoms. The molecule has 1 saturated heterocycles. The summed E-state index contributed by atoms with van der Waals surface area (Å²) in [6.45, 7) is 13.4. The van der Waals surface area contributed by atoms with Crippen molar-refractivity contribution in [2.24, 2.45) is 0 Å². The van der Waals surface area contributed by atoms with Gasteiger partial charge in [0, 0.05) is 93.2 Å². The molecule has 99 heavy (non-hydrogen) atoms. The number of halogens is 4. The average Bonchev–Trinajstić information content (AvgIpc) is 1.17. The van der Waals surface area contributed by atoms with Crippen LogP contribution in [0.2, 0.25) is 15.1 Å². The number of amides is 6. The molecule has 1 aliphatic heterocycles. The molecule has 0 aliphatic carbocycles. The normalized spacial score (nSPS) is 12.7. The Kier molecular flexibility index (Phi) is 32.8. The Bertz CT molecular complexity index is 4050. The van der Waals surface area contributed by atoms with Crippen LogP contribution < -0.4 is 56.6 Å². The van der Waals surface area contributed by atoms with Crippen molar-refractivity contribution >= 4 is 106 Å². The van der Waals surface area contributed by atoms with Gasteiger partial charge < -0.3 is 56.6 Å². The summed E-state index contributed by atoms with van der Waals surface area (Å²) in [5.41, 5.74) is 10.3. The fraction of sp³-hybridized carbons (Fsp3) is 0.324. The van der Waals surface area contributed by atoms with Gasteiger partial charge in [-0.05, 0) is 168 Å². The van der Waals surface area contributed by atoms with Crippen LogP contribution in [0.15, 0.2) is 168 Å². The summed E-state index contributed by atoms with van der Waals surface area (Å²) < 4.78 is 72.3. The van der Waals surface area contributed by atoms with Crippen LogP contribution in [0.3, 0.4) is 0 Å². The van der Waals surface area contributed by atoms with Crippen molar-refractivity contribution in [2.75, 3.05) is 40.1 Å². The van der Waals surface area contributed by atoms with Crippen molar-refractivity contribution in [1.29, 1.82) is 0 Å². The molecule has 0 saturated carbocycles. The first kappa shape index (κ1) is 81.2. The van der Waals surface area contributed by atoms with E-state index in [0.29, 0.717) is 51.1 Å². The van der Waals surface area contributed by atoms with Crippen molar-refractivity contribution in [3.05, 3.63) is 212 Å². The lowest BCUT2D eigenvalue weighted by Gasteiger charge is -2.18. The van der Waals surface area contributed by atoms with Gasteiger partial charge in [-0.2, -0.15) is 0 Å². The SMILES string of the molecule is C1CCOC1.CNC(=O)C(Cc1ccc(N)cc1)NC(=O)c1ccc(OC(C)C)c(Cl)c1.CNC(=O)C(Cc1ccc(S(=O)(=O)Cl)cc1)NC(=O)c1ccc(OC(C)C)c(Cl)c1.CNC(=O)C(Cc1ccc(S(=O)(=O)NCc2ccccc2)cc1)NC(=O)c1ccc(OC(C)C)c(Cl)c1. The predicted octanol–water partition coefficient (Wildman–Crippen LogP) is 10.4. The highest BCUT2D eigenvalue weighted by Crippen LogP contribution is 2.29. The molecule has 28 heteroatoms. The summed E-state index contributed by atoms with van der Waals surface area (Å²) in [6, 6.07) is 39.9. The summed E-state index contributed by atoms with van der Waals surface area (Å²) in [4.78, 5) is 75.1. The molecule has 1 fully saturated rings. The van der Waals surface area contributed by atoms with E-state index >= 15 is 0 Å². The smallest absolute Gasteiger partial charge is 0.261 e. The number of nitrogens with one attached hydrogen (secondary N) is 7. The molecule has 3 unspecified atom stereocenters. The standard InChI is InChI=1S/C27H30ClN3O5S.C20H22Cl2N2O5S.C20H24ClN3O3.C4H8O/c1-18(2)36-25-14-11-21(16-23(25)28)26(32)31-24(27(33)29-3)15-19-9-12-22(13-10-19)37(34,35)30-17-20-7-5-4-6-8-20;1-12(2)29-18-9-6-14(11-16(18)21)19(25)24-17(20(26)23-3)10-13-4-7-15(8-5-13)30(22,27)28;1-12(2)27-18-9-6-14(11-16(18)21)19(25)24-17(20(26)23-3)10-13-4-7-15(22)8-5-13;1-2-4-5-3-1/h4-14,16,18,24,30H,15,17H2,1-3H3,(H,29,33)(H,31,32);4-9,11-12,17H,10H2,1-3H3,(H,23,26)(H,24,25);4-9,11-12,17H,10,22H2,1-3H3,(H,23,26)(H,24,25);1-4H2. The van der Waals surface area contributed by atoms with Gasteiger partial charge in [0.2, 0.25) is 27.7 Å². The number of carbonyl (C=O) groups excluding carboxylic acids is 6. The number of benzene rings is 7. The predicted molar refractivity (Wildman–Crippen MR) is 386 cm³/mol. The van der Waals surface area contributed by atoms with Gasteiger partial charge in [-0.15, -0.1) is 0 Å². The highest BCUT2D eigenvalue weighted by atomic mass is 35.7. The minimum absolute atomic E-state index is 0.0280. The zero-order valence-electron chi connectivity index (χ0n) is 56.3. The van der Waals surface area contributed by atoms with Gasteiger partial charge in [0.25, 0.3) is 26.8 Å². The molecular weight excluding hydrogens is 1390 g/mol. The van der Waals surface area contributed by atoms with Crippen LogP contribution in [0.25, 0.3) is 0 Å². The largest absolute Gasteiger partial charge is 0.489 e. The van der Waals surface area contributed by atoms with Gasteiger partial charge in [0.1, 0.15) is 35.4 Å². The van der Waals surface area contributed by atoms with Crippen molar-refractivity contribution in [2.45, 2.75) is 126 Å². The van der Waals surface area contributed by atoms with Crippen molar-refractivity contribution in [3.8, 4) is 17.2 Å². The summed E-state index contributed by atoms with van der Waals surface area (Å²) in [5.74, 6) is -0.998. The topological polar surface area (TPSA) is 318 Å². The number of carbonyl (C=O) groups is 6. The average molecular weight is 1480 g/mol. The Hall–Kier alpha value is -8.46. The van der Waals surface area contributed by atoms with Crippen LogP contribution >= 0.6 is 45.5 Å². The van der Waals surface area contributed by atoms with Crippen molar-refractivity contribution in [3.63, 3.8) is 0 Å². The van der Waals surface area contributed by atoms with Crippen LogP contribution in [-0.4, -0.2) is 123 Å². The minimum atomic E-state index is -3.84. The van der Waals surface area contributed by atoms with Crippen LogP contribution in [0.1, 0.15) is 108 Å². The van der Waals surface area contributed by atoms with Gasteiger partial charge in [-0.3, -0.25) is 28.8 Å². The third kappa shape index (κ3) is 27.6. The van der Waals surface area contributed by atoms with Crippen LogP contribution in [-0.2, 0) is 64.0 Å². The third-order valence-corrected chi connectivity index (χ3v) is 17.8. The number of rotatable bonds is 26. The quantitative estimate of drug-likeness (QED) is 0.0185. The molecule has 0 radical (unpaired) electrons. The second kappa shape index (κ2) is 40.0. The first-order chi connectivity index (χ1) is 46.9. The second-order valence-corrected chi connectivity index (χ2v) is 28.6. The van der Waals surface area contributed by atoms with E-state index in [9.17, 15) is 45.6 Å². The molecule has 1 aliphatic rings. The lowest BCUT2D eigenvalue weighted by Crippen LogP contribution is -2.47. The highest BCUT2D eigenvalue weighted by Gasteiger charge is 2.26. The molecule has 6 amide bonds. The molecule has 1 heterocycles. The van der Waals surface area contributed by atoms with Crippen molar-refractivity contribution < 1.29 is 64.6 Å². The second-order valence-electron chi connectivity index (χ2n) is 23.1. The summed E-state index contributed by atoms with van der Waals surface area (Å²) >= 11 is 18.6. The number of anilines is 1. The maximum Gasteiger partial charge on any atom is 0.261 e. The lowest BCUT2D eigenvalue weighted by atomic mass is 10.0. The first-order valence-corrected chi connectivity index (χ1v) is 36.4. The molecule has 22 nitrogen and oxygen atoms in total. The van der Waals surface area contributed by atoms with Gasteiger partial charge in [0.05, 0.1) is 43.2 Å². The number of nitrogen functional groups attached to an aromatic ring is 1. The zero-order valence-corrected chi connectivity index (χ0v) is 60.9. The molecule has 8 rings (SSSR count). The van der Waals surface area contributed by atoms with E-state index in [0.717, 1.165) is 24.3 Å². The Morgan fingerprint density at radius 1 is 0.455 bits per heavy atom. The molecule has 532 valence electrons. The number of likely N-dealkylation sites (N-methyl/N-ethyl adjacent to an activating group) is 3. The summed E-state index contributed by atoms with van der Waals surface area (Å²) in [6.07, 6.45) is 3.03.